The van der Waals surface area contributed by atoms with Crippen LogP contribution in [0, 0.1) is 18.2 Å². The van der Waals surface area contributed by atoms with Gasteiger partial charge in [-0.15, -0.1) is 94.5 Å². The zero-order valence-electron chi connectivity index (χ0n) is 39.1. The molecule has 0 bridgehead atoms. The van der Waals surface area contributed by atoms with Crippen molar-refractivity contribution in [1.82, 2.24) is 15.0 Å². The van der Waals surface area contributed by atoms with Gasteiger partial charge in [0.05, 0.1) is 0 Å². The van der Waals surface area contributed by atoms with E-state index in [1.807, 2.05) is 61.1 Å². The fraction of sp³-hybridized carbons (Fsp3) is 0.0597. The Hall–Kier alpha value is -8.14. The summed E-state index contributed by atoms with van der Waals surface area (Å²) in [7, 11) is 0. The van der Waals surface area contributed by atoms with Crippen molar-refractivity contribution in [3.63, 3.8) is 0 Å². The molecule has 0 spiro atoms. The first-order valence-corrected chi connectivity index (χ1v) is 24.0. The minimum Gasteiger partial charge on any atom is -0.305 e. The predicted octanol–water partition coefficient (Wildman–Crippen LogP) is 16.2. The summed E-state index contributed by atoms with van der Waals surface area (Å²) in [6.45, 7) is 0. The number of aryl methyl sites for hydroxylation is 4. The van der Waals surface area contributed by atoms with Gasteiger partial charge >= 0.3 is 20.1 Å². The monoisotopic (exact) mass is 1090 g/mol. The Balaban J connectivity index is 0.00000582. The quantitative estimate of drug-likeness (QED) is 0.102. The van der Waals surface area contributed by atoms with Crippen LogP contribution >= 0.6 is 0 Å². The maximum atomic E-state index is 4.97. The average molecular weight is 1090 g/mol. The maximum Gasteiger partial charge on any atom is 3.00 e. The van der Waals surface area contributed by atoms with Crippen molar-refractivity contribution in [1.29, 1.82) is 0 Å². The second-order valence-electron chi connectivity index (χ2n) is 17.7. The summed E-state index contributed by atoms with van der Waals surface area (Å²) in [5.74, 6) is 0. The number of rotatable bonds is 14. The number of benzene rings is 8. The van der Waals surface area contributed by atoms with E-state index in [1.54, 1.807) is 0 Å². The van der Waals surface area contributed by atoms with Crippen molar-refractivity contribution >= 4 is 0 Å². The van der Waals surface area contributed by atoms with E-state index < -0.39 is 0 Å². The predicted molar refractivity (Wildman–Crippen MR) is 288 cm³/mol. The van der Waals surface area contributed by atoms with E-state index in [-0.39, 0.29) is 20.1 Å². The fourth-order valence-electron chi connectivity index (χ4n) is 9.27. The molecule has 0 N–H and O–H groups in total. The number of hydrogen-bond acceptors (Lipinski definition) is 3. The SMILES string of the molecule is [Ir+3].[c-]1cc(CCc2cc(CCc3c[c-]c(-c4ccccn4)cc3)cc(-c3ccccc3-c3c[c-]c(-c4ccc(-c5ccccc5)cn4)cc3-c3ccc(-c4ccccc4)cc3)c2)ccc1-c1ccccn1. The van der Waals surface area contributed by atoms with Crippen LogP contribution in [0.4, 0.5) is 0 Å². The smallest absolute Gasteiger partial charge is 0.305 e. The summed E-state index contributed by atoms with van der Waals surface area (Å²) in [4.78, 5) is 14.0. The topological polar surface area (TPSA) is 38.7 Å². The van der Waals surface area contributed by atoms with Crippen molar-refractivity contribution < 1.29 is 20.1 Å². The van der Waals surface area contributed by atoms with Gasteiger partial charge in [0.15, 0.2) is 0 Å². The largest absolute Gasteiger partial charge is 3.00 e. The third-order valence-corrected chi connectivity index (χ3v) is 13.0. The van der Waals surface area contributed by atoms with Gasteiger partial charge in [-0.25, -0.2) is 0 Å². The summed E-state index contributed by atoms with van der Waals surface area (Å²) in [6.07, 6.45) is 9.20. The van der Waals surface area contributed by atoms with E-state index in [2.05, 4.69) is 210 Å². The first-order chi connectivity index (χ1) is 34.7. The van der Waals surface area contributed by atoms with Gasteiger partial charge in [0.2, 0.25) is 0 Å². The van der Waals surface area contributed by atoms with Gasteiger partial charge < -0.3 is 15.0 Å². The van der Waals surface area contributed by atoms with Crippen LogP contribution in [0.25, 0.3) is 89.4 Å². The van der Waals surface area contributed by atoms with Crippen molar-refractivity contribution in [3.05, 3.63) is 283 Å². The van der Waals surface area contributed by atoms with Crippen LogP contribution in [-0.4, -0.2) is 15.0 Å². The molecule has 0 aliphatic heterocycles. The molecule has 3 nitrogen and oxygen atoms in total. The van der Waals surface area contributed by atoms with Crippen molar-refractivity contribution in [2.45, 2.75) is 25.7 Å². The van der Waals surface area contributed by atoms with Crippen LogP contribution in [0.2, 0.25) is 0 Å². The van der Waals surface area contributed by atoms with Gasteiger partial charge in [0.25, 0.3) is 0 Å². The number of hydrogen-bond donors (Lipinski definition) is 0. The Morgan fingerprint density at radius 2 is 0.761 bits per heavy atom. The first-order valence-electron chi connectivity index (χ1n) is 24.0. The fourth-order valence-corrected chi connectivity index (χ4v) is 9.27. The number of pyridine rings is 3. The van der Waals surface area contributed by atoms with E-state index in [4.69, 9.17) is 4.98 Å². The van der Waals surface area contributed by atoms with Crippen LogP contribution in [0.15, 0.2) is 243 Å². The summed E-state index contributed by atoms with van der Waals surface area (Å²) in [6, 6.07) is 90.3. The minimum absolute atomic E-state index is 0. The molecule has 4 heteroatoms. The first kappa shape index (κ1) is 46.6. The standard InChI is InChI=1S/C67H48N3.Ir/c1-3-13-52(14-4-1)54-33-35-55(36-34-54)64-46-58(67-40-38-59(47-70-67)53-15-5-2-6-16-53)37-39-63(64)62-18-8-7-17-61(62)60-44-50(23-21-48-25-29-56(30-26-48)65-19-9-11-41-68-65)43-51(45-60)24-22-49-27-31-57(32-28-49)66-20-10-12-42-69-66;/h1-20,25-29,31,33-36,38-47H,21-24H2;/q-3;+3. The van der Waals surface area contributed by atoms with Gasteiger partial charge in [0, 0.05) is 18.6 Å². The van der Waals surface area contributed by atoms with Gasteiger partial charge in [-0.05, 0) is 92.1 Å². The van der Waals surface area contributed by atoms with Crippen molar-refractivity contribution in [3.8, 4) is 89.4 Å². The number of nitrogens with zero attached hydrogens (tertiary/aromatic N) is 3. The van der Waals surface area contributed by atoms with E-state index in [9.17, 15) is 0 Å². The van der Waals surface area contributed by atoms with Crippen LogP contribution in [-0.2, 0) is 45.8 Å². The van der Waals surface area contributed by atoms with Crippen LogP contribution in [0.3, 0.4) is 0 Å². The van der Waals surface area contributed by atoms with Crippen molar-refractivity contribution in [2.75, 3.05) is 0 Å². The summed E-state index contributed by atoms with van der Waals surface area (Å²) in [5, 5.41) is 0. The molecule has 340 valence electrons. The molecule has 11 rings (SSSR count). The molecule has 0 radical (unpaired) electrons. The van der Waals surface area contributed by atoms with E-state index in [0.717, 1.165) is 92.8 Å². The molecule has 0 amide bonds. The summed E-state index contributed by atoms with van der Waals surface area (Å²) >= 11 is 0. The second-order valence-corrected chi connectivity index (χ2v) is 17.7. The summed E-state index contributed by atoms with van der Waals surface area (Å²) < 4.78 is 0. The molecule has 0 aliphatic carbocycles. The Morgan fingerprint density at radius 3 is 1.30 bits per heavy atom. The molecule has 71 heavy (non-hydrogen) atoms. The van der Waals surface area contributed by atoms with Crippen LogP contribution in [0.1, 0.15) is 22.3 Å². The zero-order chi connectivity index (χ0) is 46.9. The van der Waals surface area contributed by atoms with E-state index in [1.165, 1.54) is 44.5 Å². The van der Waals surface area contributed by atoms with Gasteiger partial charge in [0.1, 0.15) is 0 Å². The molecule has 0 aliphatic rings. The molecule has 3 aromatic heterocycles. The van der Waals surface area contributed by atoms with Gasteiger partial charge in [-0.3, -0.25) is 0 Å². The zero-order valence-corrected chi connectivity index (χ0v) is 41.5. The minimum atomic E-state index is 0. The Morgan fingerprint density at radius 1 is 0.282 bits per heavy atom. The summed E-state index contributed by atoms with van der Waals surface area (Å²) in [5.41, 5.74) is 22.3. The molecule has 8 aromatic carbocycles. The van der Waals surface area contributed by atoms with E-state index in [0.29, 0.717) is 0 Å². The second kappa shape index (κ2) is 22.1. The van der Waals surface area contributed by atoms with E-state index >= 15 is 0 Å². The molecular weight excluding hydrogens is 1040 g/mol. The molecule has 0 atom stereocenters. The third-order valence-electron chi connectivity index (χ3n) is 13.0. The average Bonchev–Trinajstić information content (AvgIpc) is 3.45. The van der Waals surface area contributed by atoms with Gasteiger partial charge in [-0.2, -0.15) is 0 Å². The molecule has 0 saturated heterocycles. The maximum absolute atomic E-state index is 4.97. The molecular formula is C67H48IrN3. The Kier molecular flexibility index (Phi) is 14.5. The van der Waals surface area contributed by atoms with Crippen LogP contribution in [0.5, 0.6) is 0 Å². The molecule has 11 aromatic rings. The molecule has 0 fully saturated rings. The molecule has 3 heterocycles. The Labute approximate surface area is 431 Å². The van der Waals surface area contributed by atoms with Gasteiger partial charge in [-0.1, -0.05) is 193 Å². The molecule has 0 saturated carbocycles. The Bertz CT molecular complexity index is 3360. The normalized spacial score (nSPS) is 10.9. The van der Waals surface area contributed by atoms with Crippen LogP contribution < -0.4 is 0 Å². The number of aromatic nitrogens is 3. The molecule has 0 unspecified atom stereocenters. The third kappa shape index (κ3) is 11.0. The van der Waals surface area contributed by atoms with Crippen molar-refractivity contribution in [2.24, 2.45) is 0 Å².